The van der Waals surface area contributed by atoms with Crippen LogP contribution in [0.4, 0.5) is 11.6 Å². The van der Waals surface area contributed by atoms with E-state index in [1.807, 2.05) is 24.3 Å². The Labute approximate surface area is 159 Å². The summed E-state index contributed by atoms with van der Waals surface area (Å²) in [4.78, 5) is 6.95. The van der Waals surface area contributed by atoms with E-state index in [4.69, 9.17) is 10.00 Å². The van der Waals surface area contributed by atoms with E-state index in [-0.39, 0.29) is 0 Å². The molecule has 2 aromatic rings. The van der Waals surface area contributed by atoms with Crippen molar-refractivity contribution in [3.63, 3.8) is 0 Å². The Morgan fingerprint density at radius 1 is 0.815 bits per heavy atom. The number of nitrogens with zero attached hydrogens (tertiary/aromatic N) is 6. The molecule has 0 atom stereocenters. The van der Waals surface area contributed by atoms with Gasteiger partial charge in [-0.3, -0.25) is 4.90 Å². The molecule has 2 aliphatic heterocycles. The average molecular weight is 364 g/mol. The van der Waals surface area contributed by atoms with E-state index in [0.717, 1.165) is 70.7 Å². The van der Waals surface area contributed by atoms with Crippen molar-refractivity contribution in [3.05, 3.63) is 47.5 Å². The van der Waals surface area contributed by atoms with Crippen LogP contribution in [-0.4, -0.2) is 67.6 Å². The van der Waals surface area contributed by atoms with Crippen molar-refractivity contribution in [1.29, 1.82) is 5.26 Å². The highest BCUT2D eigenvalue weighted by Crippen LogP contribution is 2.18. The molecule has 4 rings (SSSR count). The molecule has 2 saturated heterocycles. The largest absolute Gasteiger partial charge is 0.378 e. The van der Waals surface area contributed by atoms with Crippen molar-refractivity contribution < 1.29 is 4.74 Å². The Bertz CT molecular complexity index is 772. The van der Waals surface area contributed by atoms with Crippen LogP contribution >= 0.6 is 0 Å². The Morgan fingerprint density at radius 2 is 1.41 bits per heavy atom. The molecule has 0 bridgehead atoms. The smallest absolute Gasteiger partial charge is 0.151 e. The van der Waals surface area contributed by atoms with Gasteiger partial charge in [-0.1, -0.05) is 12.1 Å². The first-order chi connectivity index (χ1) is 13.3. The van der Waals surface area contributed by atoms with Crippen LogP contribution in [0.2, 0.25) is 0 Å². The number of piperazine rings is 1. The summed E-state index contributed by atoms with van der Waals surface area (Å²) in [5.74, 6) is 1.88. The van der Waals surface area contributed by atoms with Gasteiger partial charge in [0.2, 0.25) is 0 Å². The van der Waals surface area contributed by atoms with E-state index >= 15 is 0 Å². The molecule has 140 valence electrons. The maximum atomic E-state index is 8.89. The van der Waals surface area contributed by atoms with Gasteiger partial charge in [-0.15, -0.1) is 10.2 Å². The number of anilines is 2. The molecule has 0 radical (unpaired) electrons. The van der Waals surface area contributed by atoms with Crippen molar-refractivity contribution >= 4 is 11.6 Å². The maximum Gasteiger partial charge on any atom is 0.151 e. The summed E-state index contributed by atoms with van der Waals surface area (Å²) in [7, 11) is 0. The third-order valence-corrected chi connectivity index (χ3v) is 5.16. The highest BCUT2D eigenvalue weighted by Gasteiger charge is 2.19. The van der Waals surface area contributed by atoms with E-state index in [0.29, 0.717) is 5.56 Å². The highest BCUT2D eigenvalue weighted by atomic mass is 16.5. The van der Waals surface area contributed by atoms with Crippen molar-refractivity contribution in [3.8, 4) is 6.07 Å². The zero-order valence-corrected chi connectivity index (χ0v) is 15.4. The van der Waals surface area contributed by atoms with Gasteiger partial charge in [-0.05, 0) is 29.8 Å². The van der Waals surface area contributed by atoms with Crippen molar-refractivity contribution in [2.24, 2.45) is 0 Å². The lowest BCUT2D eigenvalue weighted by molar-refractivity contribution is 0.122. The Balaban J connectivity index is 1.30. The van der Waals surface area contributed by atoms with Crippen molar-refractivity contribution in [1.82, 2.24) is 15.1 Å². The fourth-order valence-corrected chi connectivity index (χ4v) is 3.53. The lowest BCUT2D eigenvalue weighted by atomic mass is 10.1. The molecular formula is C20H24N6O. The highest BCUT2D eigenvalue weighted by molar-refractivity contribution is 5.45. The maximum absolute atomic E-state index is 8.89. The Kier molecular flexibility index (Phi) is 5.47. The van der Waals surface area contributed by atoms with Gasteiger partial charge in [0.25, 0.3) is 0 Å². The molecule has 27 heavy (non-hydrogen) atoms. The summed E-state index contributed by atoms with van der Waals surface area (Å²) in [5.41, 5.74) is 1.96. The number of hydrogen-bond acceptors (Lipinski definition) is 7. The average Bonchev–Trinajstić information content (AvgIpc) is 2.76. The zero-order valence-electron chi connectivity index (χ0n) is 15.4. The van der Waals surface area contributed by atoms with Gasteiger partial charge in [-0.25, -0.2) is 0 Å². The van der Waals surface area contributed by atoms with Crippen molar-refractivity contribution in [2.75, 3.05) is 62.3 Å². The van der Waals surface area contributed by atoms with E-state index in [1.165, 1.54) is 5.56 Å². The standard InChI is InChI=1S/C20H24N6O/c21-15-17-1-3-18(4-2-17)16-24-7-9-25(10-8-24)19-5-6-20(23-22-19)26-11-13-27-14-12-26/h1-6H,7-14,16H2. The van der Waals surface area contributed by atoms with Gasteiger partial charge in [0.1, 0.15) is 0 Å². The fourth-order valence-electron chi connectivity index (χ4n) is 3.53. The molecular weight excluding hydrogens is 340 g/mol. The monoisotopic (exact) mass is 364 g/mol. The van der Waals surface area contributed by atoms with Crippen LogP contribution in [0.1, 0.15) is 11.1 Å². The van der Waals surface area contributed by atoms with E-state index in [9.17, 15) is 0 Å². The molecule has 1 aromatic carbocycles. The number of benzene rings is 1. The molecule has 0 saturated carbocycles. The van der Waals surface area contributed by atoms with Crippen LogP contribution in [0.5, 0.6) is 0 Å². The molecule has 0 spiro atoms. The SMILES string of the molecule is N#Cc1ccc(CN2CCN(c3ccc(N4CCOCC4)nn3)CC2)cc1. The number of ether oxygens (including phenoxy) is 1. The summed E-state index contributed by atoms with van der Waals surface area (Å²) < 4.78 is 5.39. The quantitative estimate of drug-likeness (QED) is 0.814. The van der Waals surface area contributed by atoms with Crippen LogP contribution in [0.25, 0.3) is 0 Å². The number of hydrogen-bond donors (Lipinski definition) is 0. The van der Waals surface area contributed by atoms with E-state index in [1.54, 1.807) is 0 Å². The van der Waals surface area contributed by atoms with Gasteiger partial charge in [-0.2, -0.15) is 5.26 Å². The second-order valence-electron chi connectivity index (χ2n) is 6.92. The number of morpholine rings is 1. The van der Waals surface area contributed by atoms with Crippen LogP contribution in [0.3, 0.4) is 0 Å². The first kappa shape index (κ1) is 17.7. The summed E-state index contributed by atoms with van der Waals surface area (Å²) in [5, 5.41) is 17.8. The summed E-state index contributed by atoms with van der Waals surface area (Å²) in [6, 6.07) is 14.2. The molecule has 2 aliphatic rings. The molecule has 0 unspecified atom stereocenters. The number of rotatable bonds is 4. The van der Waals surface area contributed by atoms with Gasteiger partial charge in [0.05, 0.1) is 24.8 Å². The third-order valence-electron chi connectivity index (χ3n) is 5.16. The van der Waals surface area contributed by atoms with Gasteiger partial charge in [0.15, 0.2) is 11.6 Å². The summed E-state index contributed by atoms with van der Waals surface area (Å²) in [6.07, 6.45) is 0. The van der Waals surface area contributed by atoms with Crippen LogP contribution in [-0.2, 0) is 11.3 Å². The second kappa shape index (κ2) is 8.33. The van der Waals surface area contributed by atoms with Crippen LogP contribution in [0.15, 0.2) is 36.4 Å². The molecule has 3 heterocycles. The van der Waals surface area contributed by atoms with Crippen LogP contribution in [0, 0.1) is 11.3 Å². The molecule has 7 heteroatoms. The molecule has 1 aromatic heterocycles. The molecule has 0 amide bonds. The zero-order chi connectivity index (χ0) is 18.5. The van der Waals surface area contributed by atoms with E-state index < -0.39 is 0 Å². The first-order valence-electron chi connectivity index (χ1n) is 9.44. The predicted octanol–water partition coefficient (Wildman–Crippen LogP) is 1.51. The molecule has 7 nitrogen and oxygen atoms in total. The predicted molar refractivity (Wildman–Crippen MR) is 104 cm³/mol. The third kappa shape index (κ3) is 4.35. The second-order valence-corrected chi connectivity index (χ2v) is 6.92. The Morgan fingerprint density at radius 3 is 1.96 bits per heavy atom. The molecule has 0 aliphatic carbocycles. The van der Waals surface area contributed by atoms with E-state index in [2.05, 4.69) is 43.1 Å². The molecule has 0 N–H and O–H groups in total. The lowest BCUT2D eigenvalue weighted by Gasteiger charge is -2.35. The van der Waals surface area contributed by atoms with Gasteiger partial charge < -0.3 is 14.5 Å². The normalized spacial score (nSPS) is 18.3. The topological polar surface area (TPSA) is 68.5 Å². The summed E-state index contributed by atoms with van der Waals surface area (Å²) >= 11 is 0. The Hall–Kier alpha value is -2.69. The summed E-state index contributed by atoms with van der Waals surface area (Å²) in [6.45, 7) is 8.06. The minimum Gasteiger partial charge on any atom is -0.378 e. The fraction of sp³-hybridized carbons (Fsp3) is 0.450. The molecule has 2 fully saturated rings. The van der Waals surface area contributed by atoms with Gasteiger partial charge >= 0.3 is 0 Å². The lowest BCUT2D eigenvalue weighted by Crippen LogP contribution is -2.46. The number of nitriles is 1. The minimum absolute atomic E-state index is 0.711. The first-order valence-corrected chi connectivity index (χ1v) is 9.44. The van der Waals surface area contributed by atoms with Crippen LogP contribution < -0.4 is 9.80 Å². The van der Waals surface area contributed by atoms with Gasteiger partial charge in [0, 0.05) is 45.8 Å². The van der Waals surface area contributed by atoms with Crippen molar-refractivity contribution in [2.45, 2.75) is 6.54 Å². The number of aromatic nitrogens is 2. The minimum atomic E-state index is 0.711.